The first-order valence-corrected chi connectivity index (χ1v) is 5.00. The number of hydrogen-bond donors (Lipinski definition) is 1. The highest BCUT2D eigenvalue weighted by Crippen LogP contribution is 2.17. The third-order valence-electron chi connectivity index (χ3n) is 1.68. The Morgan fingerprint density at radius 2 is 2.15 bits per heavy atom. The van der Waals surface area contributed by atoms with Crippen LogP contribution in [0.2, 0.25) is 0 Å². The van der Waals surface area contributed by atoms with Crippen molar-refractivity contribution >= 4 is 28.6 Å². The molecule has 0 unspecified atom stereocenters. The van der Waals surface area contributed by atoms with Crippen molar-refractivity contribution in [3.63, 3.8) is 0 Å². The molecule has 66 valence electrons. The highest BCUT2D eigenvalue weighted by Gasteiger charge is 2.00. The molecule has 0 radical (unpaired) electrons. The number of nitrogens with zero attached hydrogens (tertiary/aromatic N) is 2. The van der Waals surface area contributed by atoms with E-state index in [0.29, 0.717) is 0 Å². The summed E-state index contributed by atoms with van der Waals surface area (Å²) in [4.78, 5) is 0. The Balaban J connectivity index is 2.53. The highest BCUT2D eigenvalue weighted by molar-refractivity contribution is 9.10. The Morgan fingerprint density at radius 1 is 1.31 bits per heavy atom. The lowest BCUT2D eigenvalue weighted by atomic mass is 10.3. The van der Waals surface area contributed by atoms with Crippen LogP contribution in [-0.2, 0) is 0 Å². The van der Waals surface area contributed by atoms with Crippen LogP contribution in [0.4, 0.5) is 0 Å². The van der Waals surface area contributed by atoms with Crippen LogP contribution in [0, 0.1) is 0 Å². The Morgan fingerprint density at radius 3 is 2.77 bits per heavy atom. The van der Waals surface area contributed by atoms with E-state index < -0.39 is 0 Å². The second kappa shape index (κ2) is 3.55. The summed E-state index contributed by atoms with van der Waals surface area (Å²) >= 11 is 7.69. The van der Waals surface area contributed by atoms with Crippen molar-refractivity contribution < 1.29 is 0 Å². The minimum Gasteiger partial charge on any atom is -0.227 e. The van der Waals surface area contributed by atoms with Gasteiger partial charge in [0.15, 0.2) is 0 Å². The van der Waals surface area contributed by atoms with E-state index in [9.17, 15) is 0 Å². The molecule has 1 aromatic carbocycles. The van der Waals surface area contributed by atoms with Crippen molar-refractivity contribution in [1.82, 2.24) is 9.78 Å². The molecule has 0 bridgehead atoms. The second-order valence-electron chi connectivity index (χ2n) is 2.58. The van der Waals surface area contributed by atoms with Crippen LogP contribution >= 0.6 is 28.6 Å². The van der Waals surface area contributed by atoms with Gasteiger partial charge in [0.1, 0.15) is 0 Å². The quantitative estimate of drug-likeness (QED) is 0.776. The van der Waals surface area contributed by atoms with Gasteiger partial charge in [0.25, 0.3) is 0 Å². The van der Waals surface area contributed by atoms with E-state index in [1.54, 1.807) is 10.9 Å². The molecule has 2 aromatic rings. The second-order valence-corrected chi connectivity index (χ2v) is 3.95. The number of thiol groups is 1. The summed E-state index contributed by atoms with van der Waals surface area (Å²) in [5.41, 5.74) is 1.00. The fraction of sp³-hybridized carbons (Fsp3) is 0. The van der Waals surface area contributed by atoms with Gasteiger partial charge in [-0.1, -0.05) is 22.0 Å². The molecule has 0 aliphatic carbocycles. The lowest BCUT2D eigenvalue weighted by molar-refractivity contribution is 0.805. The minimum absolute atomic E-state index is 0.832. The van der Waals surface area contributed by atoms with E-state index in [4.69, 9.17) is 0 Å². The highest BCUT2D eigenvalue weighted by atomic mass is 79.9. The Kier molecular flexibility index (Phi) is 2.42. The maximum atomic E-state index is 4.28. The molecule has 0 fully saturated rings. The first-order chi connectivity index (χ1) is 6.27. The van der Waals surface area contributed by atoms with Crippen molar-refractivity contribution in [2.75, 3.05) is 0 Å². The Labute approximate surface area is 90.1 Å². The lowest BCUT2D eigenvalue weighted by Crippen LogP contribution is -1.95. The van der Waals surface area contributed by atoms with E-state index >= 15 is 0 Å². The summed E-state index contributed by atoms with van der Waals surface area (Å²) < 4.78 is 2.81. The van der Waals surface area contributed by atoms with Crippen LogP contribution in [0.3, 0.4) is 0 Å². The van der Waals surface area contributed by atoms with E-state index in [2.05, 4.69) is 33.7 Å². The fourth-order valence-corrected chi connectivity index (χ4v) is 1.72. The molecule has 0 aliphatic heterocycles. The average Bonchev–Trinajstić information content (AvgIpc) is 2.51. The summed E-state index contributed by atoms with van der Waals surface area (Å²) in [7, 11) is 0. The first kappa shape index (κ1) is 8.84. The normalized spacial score (nSPS) is 10.3. The zero-order valence-corrected chi connectivity index (χ0v) is 9.16. The van der Waals surface area contributed by atoms with Crippen LogP contribution in [0.15, 0.2) is 46.0 Å². The summed E-state index contributed by atoms with van der Waals surface area (Å²) in [6.07, 6.45) is 1.73. The van der Waals surface area contributed by atoms with Crippen LogP contribution in [-0.4, -0.2) is 9.78 Å². The molecule has 2 nitrogen and oxygen atoms in total. The molecule has 2 rings (SSSR count). The minimum atomic E-state index is 0.832. The molecular formula is C9H7BrN2S. The molecular weight excluding hydrogens is 248 g/mol. The third-order valence-corrected chi connectivity index (χ3v) is 2.51. The smallest absolute Gasteiger partial charge is 0.0968 e. The van der Waals surface area contributed by atoms with E-state index in [-0.39, 0.29) is 0 Å². The summed E-state index contributed by atoms with van der Waals surface area (Å²) in [5, 5.41) is 4.98. The number of benzene rings is 1. The van der Waals surface area contributed by atoms with Crippen molar-refractivity contribution in [3.05, 3.63) is 41.0 Å². The summed E-state index contributed by atoms with van der Waals surface area (Å²) in [6, 6.07) is 9.77. The summed E-state index contributed by atoms with van der Waals surface area (Å²) in [6.45, 7) is 0. The molecule has 4 heteroatoms. The number of rotatable bonds is 1. The molecule has 0 saturated carbocycles. The van der Waals surface area contributed by atoms with E-state index in [1.807, 2.05) is 30.3 Å². The Hall–Kier alpha value is -0.740. The predicted octanol–water partition coefficient (Wildman–Crippen LogP) is 2.92. The molecule has 0 saturated heterocycles. The van der Waals surface area contributed by atoms with Gasteiger partial charge in [-0.3, -0.25) is 0 Å². The van der Waals surface area contributed by atoms with Gasteiger partial charge in [-0.05, 0) is 24.3 Å². The maximum absolute atomic E-state index is 4.28. The maximum Gasteiger partial charge on any atom is 0.0968 e. The zero-order valence-electron chi connectivity index (χ0n) is 6.68. The lowest BCUT2D eigenvalue weighted by Gasteiger charge is -2.03. The largest absolute Gasteiger partial charge is 0.227 e. The van der Waals surface area contributed by atoms with Crippen LogP contribution in [0.25, 0.3) is 5.69 Å². The fourth-order valence-electron chi connectivity index (χ4n) is 1.10. The van der Waals surface area contributed by atoms with Crippen molar-refractivity contribution in [2.45, 2.75) is 5.03 Å². The molecule has 0 spiro atoms. The third kappa shape index (κ3) is 1.78. The van der Waals surface area contributed by atoms with Gasteiger partial charge in [-0.25, -0.2) is 4.68 Å². The number of halogens is 1. The topological polar surface area (TPSA) is 17.8 Å². The first-order valence-electron chi connectivity index (χ1n) is 3.76. The van der Waals surface area contributed by atoms with Gasteiger partial charge < -0.3 is 0 Å². The van der Waals surface area contributed by atoms with Gasteiger partial charge in [0.2, 0.25) is 0 Å². The zero-order chi connectivity index (χ0) is 9.26. The van der Waals surface area contributed by atoms with E-state index in [0.717, 1.165) is 15.2 Å². The van der Waals surface area contributed by atoms with Crippen molar-refractivity contribution in [1.29, 1.82) is 0 Å². The molecule has 0 aliphatic rings. The van der Waals surface area contributed by atoms with Gasteiger partial charge >= 0.3 is 0 Å². The summed E-state index contributed by atoms with van der Waals surface area (Å²) in [5.74, 6) is 0. The van der Waals surface area contributed by atoms with Crippen LogP contribution < -0.4 is 0 Å². The van der Waals surface area contributed by atoms with Crippen LogP contribution in [0.5, 0.6) is 0 Å². The SMILES string of the molecule is Sc1ccnn1-c1cccc(Br)c1. The monoisotopic (exact) mass is 254 g/mol. The Bertz CT molecular complexity index is 425. The molecule has 1 heterocycles. The molecule has 1 aromatic heterocycles. The van der Waals surface area contributed by atoms with Crippen molar-refractivity contribution in [3.8, 4) is 5.69 Å². The molecule has 0 amide bonds. The standard InChI is InChI=1S/C9H7BrN2S/c10-7-2-1-3-8(6-7)12-9(13)4-5-11-12/h1-6,13H. The van der Waals surface area contributed by atoms with Crippen LogP contribution in [0.1, 0.15) is 0 Å². The van der Waals surface area contributed by atoms with Gasteiger partial charge in [-0.15, -0.1) is 12.6 Å². The van der Waals surface area contributed by atoms with E-state index in [1.165, 1.54) is 0 Å². The molecule has 0 atom stereocenters. The van der Waals surface area contributed by atoms with Gasteiger partial charge in [0.05, 0.1) is 16.9 Å². The van der Waals surface area contributed by atoms with Gasteiger partial charge in [0, 0.05) is 4.47 Å². The number of hydrogen-bond acceptors (Lipinski definition) is 2. The average molecular weight is 255 g/mol. The molecule has 0 N–H and O–H groups in total. The number of aromatic nitrogens is 2. The predicted molar refractivity (Wildman–Crippen MR) is 58.5 cm³/mol. The van der Waals surface area contributed by atoms with Gasteiger partial charge in [-0.2, -0.15) is 5.10 Å². The van der Waals surface area contributed by atoms with Crippen molar-refractivity contribution in [2.24, 2.45) is 0 Å². The molecule has 13 heavy (non-hydrogen) atoms.